The summed E-state index contributed by atoms with van der Waals surface area (Å²) in [5.74, 6) is -1.15. The molecule has 0 saturated heterocycles. The van der Waals surface area contributed by atoms with E-state index in [1.54, 1.807) is 45.0 Å². The van der Waals surface area contributed by atoms with Crippen LogP contribution in [0.1, 0.15) is 51.0 Å². The van der Waals surface area contributed by atoms with Gasteiger partial charge in [-0.05, 0) is 38.5 Å². The third-order valence-electron chi connectivity index (χ3n) is 4.46. The van der Waals surface area contributed by atoms with E-state index in [1.165, 1.54) is 14.0 Å². The lowest BCUT2D eigenvalue weighted by atomic mass is 9.98. The fourth-order valence-corrected chi connectivity index (χ4v) is 2.76. The molecule has 0 fully saturated rings. The number of allylic oxidation sites excluding steroid dienone is 1. The van der Waals surface area contributed by atoms with Crippen LogP contribution >= 0.6 is 0 Å². The van der Waals surface area contributed by atoms with Gasteiger partial charge in [-0.1, -0.05) is 18.7 Å². The number of benzene rings is 1. The highest BCUT2D eigenvalue weighted by molar-refractivity contribution is 5.89. The van der Waals surface area contributed by atoms with Crippen LogP contribution in [0.25, 0.3) is 0 Å². The molecule has 0 unspecified atom stereocenters. The Morgan fingerprint density at radius 3 is 2.46 bits per heavy atom. The van der Waals surface area contributed by atoms with Crippen molar-refractivity contribution in [2.75, 3.05) is 7.11 Å². The van der Waals surface area contributed by atoms with Crippen LogP contribution < -0.4 is 4.74 Å². The van der Waals surface area contributed by atoms with Crippen LogP contribution in [0, 0.1) is 0 Å². The van der Waals surface area contributed by atoms with Gasteiger partial charge in [-0.25, -0.2) is 9.59 Å². The van der Waals surface area contributed by atoms with E-state index in [9.17, 15) is 14.4 Å². The molecule has 0 aliphatic carbocycles. The lowest BCUT2D eigenvalue weighted by Gasteiger charge is -2.20. The molecule has 7 heteroatoms. The lowest BCUT2D eigenvalue weighted by molar-refractivity contribution is -0.150. The molecule has 150 valence electrons. The molecule has 1 heterocycles. The largest absolute Gasteiger partial charge is 0.481 e. The molecule has 3 atom stereocenters. The van der Waals surface area contributed by atoms with E-state index < -0.39 is 36.2 Å². The average molecular weight is 388 g/mol. The average Bonchev–Trinajstić information content (AvgIpc) is 3.02. The molecule has 0 spiro atoms. The molecule has 0 aromatic heterocycles. The van der Waals surface area contributed by atoms with E-state index in [0.717, 1.165) is 0 Å². The van der Waals surface area contributed by atoms with E-state index in [1.807, 2.05) is 0 Å². The highest BCUT2D eigenvalue weighted by atomic mass is 16.6. The summed E-state index contributed by atoms with van der Waals surface area (Å²) >= 11 is 0. The Hall–Kier alpha value is -3.09. The zero-order valence-electron chi connectivity index (χ0n) is 16.6. The van der Waals surface area contributed by atoms with Gasteiger partial charge in [0.25, 0.3) is 0 Å². The molecule has 1 aliphatic heterocycles. The van der Waals surface area contributed by atoms with Crippen molar-refractivity contribution in [2.24, 2.45) is 0 Å². The van der Waals surface area contributed by atoms with Crippen LogP contribution in [0.5, 0.6) is 5.75 Å². The van der Waals surface area contributed by atoms with Crippen molar-refractivity contribution >= 4 is 17.9 Å². The minimum Gasteiger partial charge on any atom is -0.481 e. The second kappa shape index (κ2) is 8.73. The van der Waals surface area contributed by atoms with Gasteiger partial charge in [-0.15, -0.1) is 0 Å². The van der Waals surface area contributed by atoms with E-state index >= 15 is 0 Å². The summed E-state index contributed by atoms with van der Waals surface area (Å²) < 4.78 is 21.3. The fraction of sp³-hybridized carbons (Fsp3) is 0.381. The monoisotopic (exact) mass is 388 g/mol. The van der Waals surface area contributed by atoms with Gasteiger partial charge in [0, 0.05) is 18.1 Å². The summed E-state index contributed by atoms with van der Waals surface area (Å²) in [6.45, 7) is 10.1. The highest BCUT2D eigenvalue weighted by Gasteiger charge is 2.41. The second-order valence-corrected chi connectivity index (χ2v) is 6.40. The maximum Gasteiger partial charge on any atom is 0.337 e. The number of methoxy groups -OCH3 is 1. The number of rotatable bonds is 6. The molecule has 0 saturated carbocycles. The van der Waals surface area contributed by atoms with Crippen molar-refractivity contribution in [3.05, 3.63) is 53.1 Å². The Bertz CT molecular complexity index is 837. The minimum absolute atomic E-state index is 0.0367. The molecule has 7 nitrogen and oxygen atoms in total. The first-order chi connectivity index (χ1) is 13.2. The third-order valence-corrected chi connectivity index (χ3v) is 4.46. The first kappa shape index (κ1) is 21.2. The molecule has 0 bridgehead atoms. The number of esters is 3. The second-order valence-electron chi connectivity index (χ2n) is 6.40. The van der Waals surface area contributed by atoms with E-state index in [4.69, 9.17) is 18.9 Å². The van der Waals surface area contributed by atoms with Crippen LogP contribution in [0.4, 0.5) is 0 Å². The van der Waals surface area contributed by atoms with Gasteiger partial charge in [0.2, 0.25) is 0 Å². The number of carbonyl (C=O) groups excluding carboxylic acids is 3. The molecular weight excluding hydrogens is 364 g/mol. The third kappa shape index (κ3) is 4.42. The van der Waals surface area contributed by atoms with Crippen LogP contribution in [-0.2, 0) is 28.6 Å². The Morgan fingerprint density at radius 2 is 1.89 bits per heavy atom. The molecule has 0 radical (unpaired) electrons. The van der Waals surface area contributed by atoms with Crippen molar-refractivity contribution in [2.45, 2.75) is 46.0 Å². The van der Waals surface area contributed by atoms with Gasteiger partial charge in [-0.2, -0.15) is 0 Å². The summed E-state index contributed by atoms with van der Waals surface area (Å²) in [7, 11) is 1.23. The Balaban J connectivity index is 2.33. The van der Waals surface area contributed by atoms with E-state index in [-0.39, 0.29) is 5.57 Å². The zero-order valence-corrected chi connectivity index (χ0v) is 16.6. The first-order valence-electron chi connectivity index (χ1n) is 8.78. The van der Waals surface area contributed by atoms with Gasteiger partial charge < -0.3 is 18.9 Å². The molecule has 28 heavy (non-hydrogen) atoms. The Labute approximate surface area is 163 Å². The van der Waals surface area contributed by atoms with Gasteiger partial charge in [-0.3, -0.25) is 4.79 Å². The maximum atomic E-state index is 12.0. The predicted octanol–water partition coefficient (Wildman–Crippen LogP) is 3.35. The Morgan fingerprint density at radius 1 is 1.21 bits per heavy atom. The van der Waals surface area contributed by atoms with Crippen LogP contribution in [0.15, 0.2) is 42.0 Å². The van der Waals surface area contributed by atoms with Crippen molar-refractivity contribution in [3.63, 3.8) is 0 Å². The summed E-state index contributed by atoms with van der Waals surface area (Å²) in [5, 5.41) is 0. The molecule has 0 N–H and O–H groups in total. The fourth-order valence-electron chi connectivity index (χ4n) is 2.76. The molecular formula is C21H24O7. The summed E-state index contributed by atoms with van der Waals surface area (Å²) in [5.41, 5.74) is 1.80. The quantitative estimate of drug-likeness (QED) is 0.419. The highest BCUT2D eigenvalue weighted by Crippen LogP contribution is 2.43. The summed E-state index contributed by atoms with van der Waals surface area (Å²) in [6.07, 6.45) is -0.622. The molecule has 1 aromatic rings. The topological polar surface area (TPSA) is 88.1 Å². The number of hydrogen-bond donors (Lipinski definition) is 0. The van der Waals surface area contributed by atoms with E-state index in [2.05, 4.69) is 6.58 Å². The minimum atomic E-state index is -0.898. The molecule has 1 aromatic carbocycles. The standard InChI is InChI=1S/C21H24O7/c1-7-11(2)20(23)26-13(4)15-8-9-17-16(10-15)19(27-14(5)22)18(28-17)12(3)21(24)25-6/h7-10,13,18-19H,3H2,1-2,4-6H3/b11-7-/t13-,18-,19-/m0/s1. The number of carbonyl (C=O) groups is 3. The number of hydrogen-bond acceptors (Lipinski definition) is 7. The molecule has 2 rings (SSSR count). The van der Waals surface area contributed by atoms with Crippen LogP contribution in [-0.4, -0.2) is 31.1 Å². The van der Waals surface area contributed by atoms with Crippen molar-refractivity contribution in [3.8, 4) is 5.75 Å². The number of ether oxygens (including phenoxy) is 4. The van der Waals surface area contributed by atoms with E-state index in [0.29, 0.717) is 22.4 Å². The number of fused-ring (bicyclic) bond motifs is 1. The summed E-state index contributed by atoms with van der Waals surface area (Å²) in [4.78, 5) is 35.5. The smallest absolute Gasteiger partial charge is 0.337 e. The molecule has 1 aliphatic rings. The zero-order chi connectivity index (χ0) is 21.0. The SMILES string of the molecule is C=C(C(=O)OC)[C@@H]1Oc2ccc([C@H](C)OC(=O)/C(C)=C\C)cc2[C@@H]1OC(C)=O. The predicted molar refractivity (Wildman–Crippen MR) is 100 cm³/mol. The summed E-state index contributed by atoms with van der Waals surface area (Å²) in [6, 6.07) is 5.16. The Kier molecular flexibility index (Phi) is 6.62. The maximum absolute atomic E-state index is 12.0. The van der Waals surface area contributed by atoms with Gasteiger partial charge in [0.15, 0.2) is 12.2 Å². The van der Waals surface area contributed by atoms with Crippen molar-refractivity contribution in [1.82, 2.24) is 0 Å². The van der Waals surface area contributed by atoms with Gasteiger partial charge >= 0.3 is 17.9 Å². The van der Waals surface area contributed by atoms with Gasteiger partial charge in [0.1, 0.15) is 11.9 Å². The van der Waals surface area contributed by atoms with Crippen LogP contribution in [0.3, 0.4) is 0 Å². The molecule has 0 amide bonds. The normalized spacial score (nSPS) is 19.1. The van der Waals surface area contributed by atoms with Crippen molar-refractivity contribution in [1.29, 1.82) is 0 Å². The first-order valence-corrected chi connectivity index (χ1v) is 8.78. The van der Waals surface area contributed by atoms with Crippen LogP contribution in [0.2, 0.25) is 0 Å². The lowest BCUT2D eigenvalue weighted by Crippen LogP contribution is -2.28. The van der Waals surface area contributed by atoms with Gasteiger partial charge in [0.05, 0.1) is 12.7 Å². The van der Waals surface area contributed by atoms with Crippen molar-refractivity contribution < 1.29 is 33.3 Å².